The minimum absolute atomic E-state index is 0.00455. The number of nitrogens with zero attached hydrogens (tertiary/aromatic N) is 5. The van der Waals surface area contributed by atoms with Gasteiger partial charge in [-0.2, -0.15) is 0 Å². The molecule has 13 heteroatoms. The van der Waals surface area contributed by atoms with Crippen molar-refractivity contribution >= 4 is 33.0 Å². The maximum Gasteiger partial charge on any atom is 0.283 e. The van der Waals surface area contributed by atoms with Crippen molar-refractivity contribution in [1.29, 1.82) is 0 Å². The number of aromatic nitrogens is 4. The molecule has 196 valence electrons. The van der Waals surface area contributed by atoms with Crippen LogP contribution in [0.15, 0.2) is 36.9 Å². The van der Waals surface area contributed by atoms with Crippen molar-refractivity contribution in [3.05, 3.63) is 47.6 Å². The standard InChI is InChI=1S/C24H28N6O5S2/c1-3-35-21-13-25-11-19(28-21)20-12-27-23(36-20)24(31)30(2)22(15-7-9-34-14-15)18-10-16(6-8-26-18)29-37(32,33)17-4-5-17/h6,8,10-13,15,17,22H,3-5,7,9,14H2,1-2H3,(H,26,29)/t15-,22-/m0/s1. The van der Waals surface area contributed by atoms with E-state index in [9.17, 15) is 13.2 Å². The summed E-state index contributed by atoms with van der Waals surface area (Å²) in [5.74, 6) is 0.140. The summed E-state index contributed by atoms with van der Waals surface area (Å²) in [5, 5.41) is -0.0407. The van der Waals surface area contributed by atoms with Gasteiger partial charge in [0, 0.05) is 32.0 Å². The molecule has 1 aliphatic heterocycles. The van der Waals surface area contributed by atoms with E-state index in [2.05, 4.69) is 24.7 Å². The Kier molecular flexibility index (Phi) is 7.36. The Labute approximate surface area is 219 Å². The molecule has 5 rings (SSSR count). The Balaban J connectivity index is 1.40. The second kappa shape index (κ2) is 10.7. The van der Waals surface area contributed by atoms with Crippen molar-refractivity contribution in [2.24, 2.45) is 5.92 Å². The third kappa shape index (κ3) is 5.73. The molecule has 2 fully saturated rings. The normalized spacial score (nSPS) is 18.4. The van der Waals surface area contributed by atoms with E-state index in [4.69, 9.17) is 9.47 Å². The highest BCUT2D eigenvalue weighted by Gasteiger charge is 2.37. The maximum atomic E-state index is 13.6. The van der Waals surface area contributed by atoms with Gasteiger partial charge in [0.15, 0.2) is 5.01 Å². The maximum absolute atomic E-state index is 13.6. The minimum Gasteiger partial charge on any atom is -0.477 e. The molecule has 1 aliphatic carbocycles. The largest absolute Gasteiger partial charge is 0.477 e. The van der Waals surface area contributed by atoms with E-state index in [0.717, 1.165) is 6.42 Å². The molecule has 11 nitrogen and oxygen atoms in total. The summed E-state index contributed by atoms with van der Waals surface area (Å²) in [6, 6.07) is 2.90. The fourth-order valence-electron chi connectivity index (χ4n) is 4.31. The Morgan fingerprint density at radius 2 is 2.11 bits per heavy atom. The summed E-state index contributed by atoms with van der Waals surface area (Å²) in [6.45, 7) is 3.41. The van der Waals surface area contributed by atoms with Crippen LogP contribution in [0.2, 0.25) is 0 Å². The molecule has 2 aliphatic rings. The molecule has 1 saturated heterocycles. The smallest absolute Gasteiger partial charge is 0.283 e. The Hall–Kier alpha value is -3.16. The molecule has 3 aromatic heterocycles. The number of ether oxygens (including phenoxy) is 2. The van der Waals surface area contributed by atoms with Crippen LogP contribution < -0.4 is 9.46 Å². The van der Waals surface area contributed by atoms with Gasteiger partial charge in [0.1, 0.15) is 5.69 Å². The fraction of sp³-hybridized carbons (Fsp3) is 0.458. The van der Waals surface area contributed by atoms with Crippen molar-refractivity contribution in [1.82, 2.24) is 24.8 Å². The number of hydrogen-bond acceptors (Lipinski definition) is 10. The van der Waals surface area contributed by atoms with Crippen LogP contribution in [0.1, 0.15) is 47.7 Å². The average Bonchev–Trinajstić information content (AvgIpc) is 3.41. The highest BCUT2D eigenvalue weighted by Crippen LogP contribution is 2.36. The van der Waals surface area contributed by atoms with Gasteiger partial charge in [-0.15, -0.1) is 11.3 Å². The topological polar surface area (TPSA) is 136 Å². The quantitative estimate of drug-likeness (QED) is 0.408. The lowest BCUT2D eigenvalue weighted by Crippen LogP contribution is -2.36. The Morgan fingerprint density at radius 3 is 2.84 bits per heavy atom. The van der Waals surface area contributed by atoms with Gasteiger partial charge in [-0.3, -0.25) is 19.5 Å². The third-order valence-electron chi connectivity index (χ3n) is 6.30. The predicted molar refractivity (Wildman–Crippen MR) is 138 cm³/mol. The van der Waals surface area contributed by atoms with Crippen LogP contribution in [0.5, 0.6) is 5.88 Å². The molecular weight excluding hydrogens is 516 g/mol. The molecule has 0 unspecified atom stereocenters. The molecule has 37 heavy (non-hydrogen) atoms. The number of amides is 1. The van der Waals surface area contributed by atoms with E-state index < -0.39 is 16.1 Å². The molecule has 0 bridgehead atoms. The molecule has 3 aromatic rings. The zero-order valence-electron chi connectivity index (χ0n) is 20.5. The van der Waals surface area contributed by atoms with Crippen LogP contribution in [0.25, 0.3) is 10.6 Å². The fourth-order valence-corrected chi connectivity index (χ4v) is 6.54. The molecule has 0 aromatic carbocycles. The number of carbonyl (C=O) groups excluding carboxylic acids is 1. The molecule has 4 heterocycles. The highest BCUT2D eigenvalue weighted by molar-refractivity contribution is 7.93. The van der Waals surface area contributed by atoms with Gasteiger partial charge >= 0.3 is 0 Å². The first-order valence-corrected chi connectivity index (χ1v) is 14.5. The summed E-state index contributed by atoms with van der Waals surface area (Å²) in [5.41, 5.74) is 1.60. The number of anilines is 1. The molecule has 1 amide bonds. The lowest BCUT2D eigenvalue weighted by Gasteiger charge is -2.31. The summed E-state index contributed by atoms with van der Waals surface area (Å²) >= 11 is 1.22. The van der Waals surface area contributed by atoms with E-state index in [1.807, 2.05) is 6.92 Å². The van der Waals surface area contributed by atoms with Crippen molar-refractivity contribution in [3.63, 3.8) is 0 Å². The lowest BCUT2D eigenvalue weighted by atomic mass is 9.94. The molecule has 0 spiro atoms. The van der Waals surface area contributed by atoms with Crippen LogP contribution in [0.3, 0.4) is 0 Å². The number of carbonyl (C=O) groups is 1. The van der Waals surface area contributed by atoms with Crippen LogP contribution in [-0.4, -0.2) is 71.3 Å². The van der Waals surface area contributed by atoms with Gasteiger partial charge in [0.05, 0.1) is 53.2 Å². The molecule has 1 N–H and O–H groups in total. The van der Waals surface area contributed by atoms with Crippen molar-refractivity contribution in [3.8, 4) is 16.5 Å². The Morgan fingerprint density at radius 1 is 1.27 bits per heavy atom. The van der Waals surface area contributed by atoms with E-state index in [-0.39, 0.29) is 17.1 Å². The third-order valence-corrected chi connectivity index (χ3v) is 9.18. The van der Waals surface area contributed by atoms with Gasteiger partial charge in [0.25, 0.3) is 5.91 Å². The van der Waals surface area contributed by atoms with Gasteiger partial charge in [-0.1, -0.05) is 0 Å². The number of pyridine rings is 1. The number of nitrogens with one attached hydrogen (secondary N) is 1. The van der Waals surface area contributed by atoms with E-state index in [1.54, 1.807) is 42.7 Å². The molecule has 2 atom stereocenters. The number of hydrogen-bond donors (Lipinski definition) is 1. The summed E-state index contributed by atoms with van der Waals surface area (Å²) in [6.07, 6.45) is 8.40. The molecular formula is C24H28N6O5S2. The van der Waals surface area contributed by atoms with Crippen LogP contribution >= 0.6 is 11.3 Å². The average molecular weight is 545 g/mol. The van der Waals surface area contributed by atoms with Gasteiger partial charge in [0.2, 0.25) is 15.9 Å². The lowest BCUT2D eigenvalue weighted by molar-refractivity contribution is 0.0648. The zero-order chi connectivity index (χ0) is 26.0. The number of sulfonamides is 1. The molecule has 1 saturated carbocycles. The summed E-state index contributed by atoms with van der Waals surface area (Å²) in [4.78, 5) is 33.4. The van der Waals surface area contributed by atoms with Crippen molar-refractivity contribution < 1.29 is 22.7 Å². The second-order valence-corrected chi connectivity index (χ2v) is 12.0. The monoisotopic (exact) mass is 544 g/mol. The van der Waals surface area contributed by atoms with Crippen molar-refractivity contribution in [2.45, 2.75) is 37.5 Å². The Bertz CT molecular complexity index is 1370. The first-order chi connectivity index (χ1) is 17.9. The molecule has 0 radical (unpaired) electrons. The van der Waals surface area contributed by atoms with Crippen LogP contribution in [0.4, 0.5) is 5.69 Å². The first-order valence-electron chi connectivity index (χ1n) is 12.1. The highest BCUT2D eigenvalue weighted by atomic mass is 32.2. The summed E-state index contributed by atoms with van der Waals surface area (Å²) < 4.78 is 38.6. The predicted octanol–water partition coefficient (Wildman–Crippen LogP) is 3.15. The second-order valence-electron chi connectivity index (χ2n) is 9.01. The first kappa shape index (κ1) is 25.5. The van der Waals surface area contributed by atoms with Gasteiger partial charge < -0.3 is 14.4 Å². The van der Waals surface area contributed by atoms with Gasteiger partial charge in [-0.25, -0.2) is 18.4 Å². The van der Waals surface area contributed by atoms with E-state index in [0.29, 0.717) is 65.5 Å². The van der Waals surface area contributed by atoms with E-state index in [1.165, 1.54) is 17.5 Å². The van der Waals surface area contributed by atoms with E-state index >= 15 is 0 Å². The number of rotatable bonds is 10. The van der Waals surface area contributed by atoms with Crippen LogP contribution in [-0.2, 0) is 14.8 Å². The minimum atomic E-state index is -3.42. The summed E-state index contributed by atoms with van der Waals surface area (Å²) in [7, 11) is -1.71. The van der Waals surface area contributed by atoms with Gasteiger partial charge in [-0.05, 0) is 38.3 Å². The van der Waals surface area contributed by atoms with Crippen LogP contribution in [0, 0.1) is 5.92 Å². The number of thiazole rings is 1. The zero-order valence-corrected chi connectivity index (χ0v) is 22.2. The SMILES string of the molecule is CCOc1cncc(-c2cnc(C(=O)N(C)[C@H](c3cc(NS(=O)(=O)C4CC4)ccn3)[C@H]3CCOC3)s2)n1. The van der Waals surface area contributed by atoms with Crippen molar-refractivity contribution in [2.75, 3.05) is 31.6 Å².